The molecule has 2 saturated heterocycles. The number of ether oxygens (including phenoxy) is 1. The van der Waals surface area contributed by atoms with E-state index in [-0.39, 0.29) is 36.1 Å². The highest BCUT2D eigenvalue weighted by molar-refractivity contribution is 5.90. The summed E-state index contributed by atoms with van der Waals surface area (Å²) in [5.74, 6) is -2.61. The largest absolute Gasteiger partial charge is 0.486 e. The summed E-state index contributed by atoms with van der Waals surface area (Å²) in [7, 11) is 1.67. The van der Waals surface area contributed by atoms with E-state index in [4.69, 9.17) is 4.74 Å². The van der Waals surface area contributed by atoms with E-state index in [2.05, 4.69) is 10.6 Å². The second-order valence-corrected chi connectivity index (χ2v) is 10.1. The summed E-state index contributed by atoms with van der Waals surface area (Å²) in [5.41, 5.74) is -0.576. The van der Waals surface area contributed by atoms with E-state index in [0.717, 1.165) is 12.1 Å². The van der Waals surface area contributed by atoms with Gasteiger partial charge in [-0.3, -0.25) is 14.4 Å². The fraction of sp³-hybridized carbons (Fsp3) is 0.625. The smallest absolute Gasteiger partial charge is 0.246 e. The van der Waals surface area contributed by atoms with Crippen molar-refractivity contribution >= 4 is 17.7 Å². The number of carbonyl (C=O) groups is 3. The minimum atomic E-state index is -1.04. The highest BCUT2D eigenvalue weighted by atomic mass is 19.2. The molecule has 2 aliphatic rings. The van der Waals surface area contributed by atoms with Crippen molar-refractivity contribution in [3.8, 4) is 5.75 Å². The number of nitrogens with zero attached hydrogens (tertiary/aromatic N) is 2. The van der Waals surface area contributed by atoms with Gasteiger partial charge in [-0.2, -0.15) is 0 Å². The Morgan fingerprint density at radius 2 is 1.82 bits per heavy atom. The maximum Gasteiger partial charge on any atom is 0.246 e. The predicted octanol–water partition coefficient (Wildman–Crippen LogP) is 1.68. The molecule has 34 heavy (non-hydrogen) atoms. The van der Waals surface area contributed by atoms with Crippen molar-refractivity contribution in [2.24, 2.45) is 5.41 Å². The first-order chi connectivity index (χ1) is 15.8. The number of amides is 3. The van der Waals surface area contributed by atoms with Crippen LogP contribution >= 0.6 is 0 Å². The van der Waals surface area contributed by atoms with Crippen LogP contribution in [0.15, 0.2) is 18.2 Å². The molecule has 2 fully saturated rings. The Morgan fingerprint density at radius 1 is 1.15 bits per heavy atom. The Hall–Kier alpha value is -2.75. The molecule has 0 aliphatic carbocycles. The number of hydrogen-bond donors (Lipinski definition) is 2. The van der Waals surface area contributed by atoms with Gasteiger partial charge >= 0.3 is 0 Å². The summed E-state index contributed by atoms with van der Waals surface area (Å²) in [4.78, 5) is 42.0. The third kappa shape index (κ3) is 5.16. The Balaban J connectivity index is 1.89. The first-order valence-electron chi connectivity index (χ1n) is 11.5. The average Bonchev–Trinajstić information content (AvgIpc) is 3.34. The Labute approximate surface area is 199 Å². The van der Waals surface area contributed by atoms with Gasteiger partial charge in [-0.25, -0.2) is 8.78 Å². The zero-order valence-electron chi connectivity index (χ0n) is 20.5. The van der Waals surface area contributed by atoms with Gasteiger partial charge in [-0.05, 0) is 37.9 Å². The van der Waals surface area contributed by atoms with Gasteiger partial charge in [0.1, 0.15) is 17.9 Å². The maximum atomic E-state index is 13.8. The van der Waals surface area contributed by atoms with Gasteiger partial charge in [-0.15, -0.1) is 0 Å². The van der Waals surface area contributed by atoms with E-state index in [9.17, 15) is 23.2 Å². The Bertz CT molecular complexity index is 951. The molecule has 0 bridgehead atoms. The fourth-order valence-electron chi connectivity index (χ4n) is 4.69. The molecule has 2 N–H and O–H groups in total. The molecule has 0 radical (unpaired) electrons. The van der Waals surface area contributed by atoms with Crippen LogP contribution in [0.5, 0.6) is 5.75 Å². The van der Waals surface area contributed by atoms with Gasteiger partial charge in [0.2, 0.25) is 17.7 Å². The Kier molecular flexibility index (Phi) is 7.50. The summed E-state index contributed by atoms with van der Waals surface area (Å²) < 4.78 is 33.1. The van der Waals surface area contributed by atoms with Crippen LogP contribution in [-0.2, 0) is 14.4 Å². The summed E-state index contributed by atoms with van der Waals surface area (Å²) in [6, 6.07) is 1.24. The van der Waals surface area contributed by atoms with E-state index in [1.807, 2.05) is 20.8 Å². The van der Waals surface area contributed by atoms with Crippen molar-refractivity contribution in [2.45, 2.75) is 71.3 Å². The van der Waals surface area contributed by atoms with Crippen molar-refractivity contribution in [3.05, 3.63) is 29.8 Å². The lowest BCUT2D eigenvalue weighted by molar-refractivity contribution is -0.141. The van der Waals surface area contributed by atoms with Crippen LogP contribution in [0.25, 0.3) is 0 Å². The summed E-state index contributed by atoms with van der Waals surface area (Å²) in [6.45, 7) is 9.39. The third-order valence-electron chi connectivity index (χ3n) is 6.67. The number of likely N-dealkylation sites (tertiary alicyclic amines) is 2. The molecule has 188 valence electrons. The Morgan fingerprint density at radius 3 is 2.38 bits per heavy atom. The molecule has 10 heteroatoms. The second-order valence-electron chi connectivity index (χ2n) is 10.1. The molecule has 2 aliphatic heterocycles. The van der Waals surface area contributed by atoms with Crippen molar-refractivity contribution in [1.82, 2.24) is 20.4 Å². The van der Waals surface area contributed by atoms with Crippen LogP contribution in [-0.4, -0.2) is 77.9 Å². The standard InChI is InChI=1S/C24H34F2N4O4/c1-13(27-6)22(32)28-21(24(3,4)5)23(33)29-10-9-18-20(29)19(12-30(18)14(2)31)34-15-7-8-16(25)17(26)11-15/h7-8,11,13,18-21,27H,9-10,12H2,1-6H3,(H,28,32)/t13-,18+,19-,20-,21+/m0/s1. The number of rotatable bonds is 6. The summed E-state index contributed by atoms with van der Waals surface area (Å²) in [6.07, 6.45) is -0.0662. The average molecular weight is 481 g/mol. The van der Waals surface area contributed by atoms with Crippen LogP contribution in [0, 0.1) is 17.0 Å². The molecule has 0 aromatic heterocycles. The maximum absolute atomic E-state index is 13.8. The van der Waals surface area contributed by atoms with Crippen molar-refractivity contribution in [2.75, 3.05) is 20.1 Å². The van der Waals surface area contributed by atoms with Crippen LogP contribution in [0.2, 0.25) is 0 Å². The van der Waals surface area contributed by atoms with Crippen molar-refractivity contribution in [3.63, 3.8) is 0 Å². The lowest BCUT2D eigenvalue weighted by Crippen LogP contribution is -2.59. The van der Waals surface area contributed by atoms with Crippen LogP contribution in [0.1, 0.15) is 41.0 Å². The first kappa shape index (κ1) is 25.9. The molecule has 0 saturated carbocycles. The molecule has 0 spiro atoms. The van der Waals surface area contributed by atoms with Crippen LogP contribution in [0.4, 0.5) is 8.78 Å². The van der Waals surface area contributed by atoms with E-state index in [1.165, 1.54) is 13.0 Å². The van der Waals surface area contributed by atoms with E-state index in [1.54, 1.807) is 23.8 Å². The van der Waals surface area contributed by atoms with Crippen LogP contribution in [0.3, 0.4) is 0 Å². The topological polar surface area (TPSA) is 91.0 Å². The molecule has 5 atom stereocenters. The highest BCUT2D eigenvalue weighted by Gasteiger charge is 2.54. The van der Waals surface area contributed by atoms with Crippen molar-refractivity contribution < 1.29 is 27.9 Å². The molecular formula is C24H34F2N4O4. The number of carbonyl (C=O) groups excluding carboxylic acids is 3. The number of nitrogens with one attached hydrogen (secondary N) is 2. The van der Waals surface area contributed by atoms with Gasteiger partial charge in [-0.1, -0.05) is 20.8 Å². The van der Waals surface area contributed by atoms with E-state index >= 15 is 0 Å². The minimum Gasteiger partial charge on any atom is -0.486 e. The highest BCUT2D eigenvalue weighted by Crippen LogP contribution is 2.36. The zero-order valence-corrected chi connectivity index (χ0v) is 20.5. The quantitative estimate of drug-likeness (QED) is 0.647. The number of likely N-dealkylation sites (N-methyl/N-ethyl adjacent to an activating group) is 1. The SMILES string of the molecule is CN[C@@H](C)C(=O)N[C@H](C(=O)N1CC[C@@H]2[C@H]1[C@@H](Oc1ccc(F)c(F)c1)CN2C(C)=O)C(C)(C)C. The third-order valence-corrected chi connectivity index (χ3v) is 6.67. The number of fused-ring (bicyclic) bond motifs is 1. The molecule has 0 unspecified atom stereocenters. The molecule has 8 nitrogen and oxygen atoms in total. The van der Waals surface area contributed by atoms with E-state index < -0.39 is 41.3 Å². The van der Waals surface area contributed by atoms with Gasteiger partial charge in [0, 0.05) is 19.5 Å². The summed E-state index contributed by atoms with van der Waals surface area (Å²) in [5, 5.41) is 5.74. The molecule has 3 rings (SSSR count). The second kappa shape index (κ2) is 9.85. The van der Waals surface area contributed by atoms with Gasteiger partial charge < -0.3 is 25.2 Å². The number of hydrogen-bond acceptors (Lipinski definition) is 5. The van der Waals surface area contributed by atoms with Crippen LogP contribution < -0.4 is 15.4 Å². The van der Waals surface area contributed by atoms with E-state index in [0.29, 0.717) is 13.0 Å². The first-order valence-corrected chi connectivity index (χ1v) is 11.5. The fourth-order valence-corrected chi connectivity index (χ4v) is 4.69. The molecule has 1 aromatic rings. The number of benzene rings is 1. The van der Waals surface area contributed by atoms with Gasteiger partial charge in [0.25, 0.3) is 0 Å². The molecule has 2 heterocycles. The lowest BCUT2D eigenvalue weighted by Gasteiger charge is -2.37. The molecular weight excluding hydrogens is 446 g/mol. The predicted molar refractivity (Wildman–Crippen MR) is 122 cm³/mol. The number of halogens is 2. The van der Waals surface area contributed by atoms with Gasteiger partial charge in [0.05, 0.1) is 24.7 Å². The normalized spacial score (nSPS) is 23.9. The zero-order chi connectivity index (χ0) is 25.4. The molecule has 1 aromatic carbocycles. The molecule has 3 amide bonds. The van der Waals surface area contributed by atoms with Gasteiger partial charge in [0.15, 0.2) is 11.6 Å². The van der Waals surface area contributed by atoms with Crippen molar-refractivity contribution in [1.29, 1.82) is 0 Å². The summed E-state index contributed by atoms with van der Waals surface area (Å²) >= 11 is 0. The monoisotopic (exact) mass is 480 g/mol. The minimum absolute atomic E-state index is 0.121. The lowest BCUT2D eigenvalue weighted by atomic mass is 9.85.